The second kappa shape index (κ2) is 7.40. The van der Waals surface area contributed by atoms with Gasteiger partial charge in [0.25, 0.3) is 0 Å². The molecule has 1 unspecified atom stereocenters. The predicted octanol–water partition coefficient (Wildman–Crippen LogP) is 3.08. The van der Waals surface area contributed by atoms with Crippen LogP contribution in [0.5, 0.6) is 5.75 Å². The van der Waals surface area contributed by atoms with Gasteiger partial charge in [-0.05, 0) is 56.4 Å². The number of benzene rings is 1. The molecule has 1 saturated heterocycles. The van der Waals surface area contributed by atoms with Gasteiger partial charge in [0.15, 0.2) is 0 Å². The maximum atomic E-state index is 12.2. The van der Waals surface area contributed by atoms with Gasteiger partial charge in [0.05, 0.1) is 24.1 Å². The van der Waals surface area contributed by atoms with Crippen LogP contribution in [0.15, 0.2) is 36.5 Å². The molecule has 2 aromatic rings. The molecule has 25 heavy (non-hydrogen) atoms. The topological polar surface area (TPSA) is 60.5 Å². The average molecular weight is 340 g/mol. The number of ether oxygens (including phenoxy) is 2. The van der Waals surface area contributed by atoms with Crippen LogP contribution in [0, 0.1) is 5.92 Å². The molecule has 1 saturated carbocycles. The highest BCUT2D eigenvalue weighted by Gasteiger charge is 2.28. The molecule has 2 aliphatic rings. The summed E-state index contributed by atoms with van der Waals surface area (Å²) in [7, 11) is 0. The van der Waals surface area contributed by atoms with Crippen molar-refractivity contribution in [2.24, 2.45) is 5.92 Å². The molecule has 2 heterocycles. The number of hydrogen-bond acceptors (Lipinski definition) is 4. The van der Waals surface area contributed by atoms with E-state index >= 15 is 0 Å². The maximum absolute atomic E-state index is 12.2. The summed E-state index contributed by atoms with van der Waals surface area (Å²) in [6, 6.07) is 10.3. The van der Waals surface area contributed by atoms with E-state index in [0.717, 1.165) is 48.8 Å². The summed E-state index contributed by atoms with van der Waals surface area (Å²) in [6.45, 7) is 1.28. The lowest BCUT2D eigenvalue weighted by molar-refractivity contribution is -0.126. The number of nitrogens with zero attached hydrogens (tertiary/aromatic N) is 1. The van der Waals surface area contributed by atoms with E-state index in [1.54, 1.807) is 6.20 Å². The normalized spacial score (nSPS) is 26.5. The van der Waals surface area contributed by atoms with Crippen molar-refractivity contribution in [3.63, 3.8) is 0 Å². The number of amides is 1. The third-order valence-corrected chi connectivity index (χ3v) is 5.20. The van der Waals surface area contributed by atoms with Crippen LogP contribution in [-0.2, 0) is 9.53 Å². The Balaban J connectivity index is 1.28. The SMILES string of the molecule is O=C(NC1CCC(Oc2ccc3ncccc3c2)CC1)C1CCOC1. The van der Waals surface area contributed by atoms with Crippen molar-refractivity contribution < 1.29 is 14.3 Å². The van der Waals surface area contributed by atoms with Crippen LogP contribution in [0.2, 0.25) is 0 Å². The van der Waals surface area contributed by atoms with Gasteiger partial charge in [-0.3, -0.25) is 9.78 Å². The predicted molar refractivity (Wildman–Crippen MR) is 95.5 cm³/mol. The molecule has 0 radical (unpaired) electrons. The van der Waals surface area contributed by atoms with E-state index in [4.69, 9.17) is 9.47 Å². The minimum atomic E-state index is 0.0418. The molecule has 5 nitrogen and oxygen atoms in total. The molecule has 4 rings (SSSR count). The molecule has 0 bridgehead atoms. The number of aromatic nitrogens is 1. The molecule has 1 aromatic heterocycles. The van der Waals surface area contributed by atoms with Crippen molar-refractivity contribution in [1.82, 2.24) is 10.3 Å². The van der Waals surface area contributed by atoms with Gasteiger partial charge in [0.2, 0.25) is 5.91 Å². The molecule has 1 amide bonds. The molecule has 0 spiro atoms. The van der Waals surface area contributed by atoms with Crippen LogP contribution >= 0.6 is 0 Å². The van der Waals surface area contributed by atoms with Crippen molar-refractivity contribution in [2.75, 3.05) is 13.2 Å². The first-order valence-electron chi connectivity index (χ1n) is 9.17. The standard InChI is InChI=1S/C20H24N2O3/c23-20(15-9-11-24-13-15)22-16-3-5-17(6-4-16)25-18-7-8-19-14(12-18)2-1-10-21-19/h1-2,7-8,10,12,15-17H,3-6,9,11,13H2,(H,22,23). The highest BCUT2D eigenvalue weighted by molar-refractivity contribution is 5.80. The van der Waals surface area contributed by atoms with Gasteiger partial charge >= 0.3 is 0 Å². The summed E-state index contributed by atoms with van der Waals surface area (Å²) in [5.41, 5.74) is 0.983. The van der Waals surface area contributed by atoms with Crippen molar-refractivity contribution in [3.05, 3.63) is 36.5 Å². The van der Waals surface area contributed by atoms with E-state index in [1.165, 1.54) is 0 Å². The Labute approximate surface area is 147 Å². The minimum Gasteiger partial charge on any atom is -0.490 e. The Morgan fingerprint density at radius 2 is 2.04 bits per heavy atom. The maximum Gasteiger partial charge on any atom is 0.225 e. The van der Waals surface area contributed by atoms with Crippen LogP contribution in [0.1, 0.15) is 32.1 Å². The second-order valence-corrected chi connectivity index (χ2v) is 7.02. The second-order valence-electron chi connectivity index (χ2n) is 7.02. The van der Waals surface area contributed by atoms with Crippen molar-refractivity contribution in [2.45, 2.75) is 44.2 Å². The van der Waals surface area contributed by atoms with Crippen molar-refractivity contribution in [3.8, 4) is 5.75 Å². The Kier molecular flexibility index (Phi) is 4.83. The zero-order chi connectivity index (χ0) is 17.1. The van der Waals surface area contributed by atoms with E-state index in [9.17, 15) is 4.79 Å². The number of carbonyl (C=O) groups is 1. The molecule has 1 aliphatic carbocycles. The molecular weight excluding hydrogens is 316 g/mol. The van der Waals surface area contributed by atoms with Gasteiger partial charge < -0.3 is 14.8 Å². The molecule has 1 aromatic carbocycles. The highest BCUT2D eigenvalue weighted by Crippen LogP contribution is 2.26. The van der Waals surface area contributed by atoms with Gasteiger partial charge in [-0.25, -0.2) is 0 Å². The Morgan fingerprint density at radius 3 is 2.84 bits per heavy atom. The van der Waals surface area contributed by atoms with E-state index in [0.29, 0.717) is 13.2 Å². The summed E-state index contributed by atoms with van der Waals surface area (Å²) in [5, 5.41) is 4.28. The number of pyridine rings is 1. The van der Waals surface area contributed by atoms with E-state index in [-0.39, 0.29) is 24.0 Å². The molecule has 2 fully saturated rings. The quantitative estimate of drug-likeness (QED) is 0.929. The zero-order valence-corrected chi connectivity index (χ0v) is 14.3. The first-order chi connectivity index (χ1) is 12.3. The third-order valence-electron chi connectivity index (χ3n) is 5.20. The molecule has 132 valence electrons. The van der Waals surface area contributed by atoms with Crippen molar-refractivity contribution >= 4 is 16.8 Å². The molecular formula is C20H24N2O3. The van der Waals surface area contributed by atoms with Crippen LogP contribution in [0.4, 0.5) is 0 Å². The first kappa shape index (κ1) is 16.3. The van der Waals surface area contributed by atoms with E-state index in [2.05, 4.69) is 16.4 Å². The summed E-state index contributed by atoms with van der Waals surface area (Å²) < 4.78 is 11.5. The zero-order valence-electron chi connectivity index (χ0n) is 14.3. The molecule has 1 atom stereocenters. The van der Waals surface area contributed by atoms with Crippen molar-refractivity contribution in [1.29, 1.82) is 0 Å². The van der Waals surface area contributed by atoms with Gasteiger partial charge in [-0.15, -0.1) is 0 Å². The minimum absolute atomic E-state index is 0.0418. The Bertz CT molecular complexity index is 735. The number of fused-ring (bicyclic) bond motifs is 1. The molecule has 1 aliphatic heterocycles. The fraction of sp³-hybridized carbons (Fsp3) is 0.500. The summed E-state index contributed by atoms with van der Waals surface area (Å²) in [6.07, 6.45) is 6.75. The summed E-state index contributed by atoms with van der Waals surface area (Å²) >= 11 is 0. The highest BCUT2D eigenvalue weighted by atomic mass is 16.5. The summed E-state index contributed by atoms with van der Waals surface area (Å²) in [4.78, 5) is 16.5. The average Bonchev–Trinajstić information content (AvgIpc) is 3.18. The van der Waals surface area contributed by atoms with Gasteiger partial charge in [0.1, 0.15) is 5.75 Å². The van der Waals surface area contributed by atoms with Crippen LogP contribution < -0.4 is 10.1 Å². The van der Waals surface area contributed by atoms with Crippen LogP contribution in [0.3, 0.4) is 0 Å². The van der Waals surface area contributed by atoms with Crippen LogP contribution in [-0.4, -0.2) is 36.3 Å². The van der Waals surface area contributed by atoms with Gasteiger partial charge in [-0.2, -0.15) is 0 Å². The number of nitrogens with one attached hydrogen (secondary N) is 1. The fourth-order valence-electron chi connectivity index (χ4n) is 3.70. The van der Waals surface area contributed by atoms with Crippen LogP contribution in [0.25, 0.3) is 10.9 Å². The lowest BCUT2D eigenvalue weighted by Crippen LogP contribution is -2.42. The van der Waals surface area contributed by atoms with E-state index < -0.39 is 0 Å². The largest absolute Gasteiger partial charge is 0.490 e. The third kappa shape index (κ3) is 3.93. The molecule has 1 N–H and O–H groups in total. The van der Waals surface area contributed by atoms with E-state index in [1.807, 2.05) is 24.3 Å². The first-order valence-corrected chi connectivity index (χ1v) is 9.17. The monoisotopic (exact) mass is 340 g/mol. The lowest BCUT2D eigenvalue weighted by Gasteiger charge is -2.30. The fourth-order valence-corrected chi connectivity index (χ4v) is 3.70. The van der Waals surface area contributed by atoms with Gasteiger partial charge in [0, 0.05) is 24.2 Å². The molecule has 5 heteroatoms. The Hall–Kier alpha value is -2.14. The summed E-state index contributed by atoms with van der Waals surface area (Å²) in [5.74, 6) is 1.10. The smallest absolute Gasteiger partial charge is 0.225 e. The number of carbonyl (C=O) groups excluding carboxylic acids is 1. The number of rotatable bonds is 4. The number of hydrogen-bond donors (Lipinski definition) is 1. The lowest BCUT2D eigenvalue weighted by atomic mass is 9.92. The Morgan fingerprint density at radius 1 is 1.16 bits per heavy atom. The van der Waals surface area contributed by atoms with Gasteiger partial charge in [-0.1, -0.05) is 6.07 Å².